The molecule has 1 aromatic carbocycles. The zero-order valence-corrected chi connectivity index (χ0v) is 22.6. The first kappa shape index (κ1) is 27.2. The number of aliphatic hydroxyl groups excluding tert-OH is 1. The van der Waals surface area contributed by atoms with E-state index < -0.39 is 6.23 Å². The van der Waals surface area contributed by atoms with Crippen LogP contribution in [-0.2, 0) is 0 Å². The SMILES string of the molecule is Cc1ccc(OC(=O)N2CCN(C(O)[C@@H]3NCCC[C@@H]3CCC[N+](C)(C)C)[C@H](C)C2)c(Cl)c1C. The highest BCUT2D eigenvalue weighted by atomic mass is 35.5. The number of piperazine rings is 1. The summed E-state index contributed by atoms with van der Waals surface area (Å²) in [5, 5.41) is 15.4. The number of hydrogen-bond acceptors (Lipinski definition) is 5. The Labute approximate surface area is 210 Å². The normalized spacial score (nSPS) is 25.3. The Balaban J connectivity index is 1.57. The summed E-state index contributed by atoms with van der Waals surface area (Å²) in [6.45, 7) is 9.70. The number of piperidine rings is 1. The van der Waals surface area contributed by atoms with Gasteiger partial charge in [0.15, 0.2) is 5.75 Å². The third kappa shape index (κ3) is 6.85. The van der Waals surface area contributed by atoms with Gasteiger partial charge < -0.3 is 24.5 Å². The Kier molecular flexibility index (Phi) is 9.26. The molecule has 7 nitrogen and oxygen atoms in total. The standard InChI is InChI=1S/C26H44ClN4O3/c1-18-11-12-22(23(27)20(18)3)34-26(33)29-14-15-30(19(2)17-29)25(32)24-21(9-7-13-28-24)10-8-16-31(4,5)6/h11-12,19,21,24-25,28,32H,7-10,13-17H2,1-6H3/q+1/t19-,21-,24-,25?/m1/s1. The maximum Gasteiger partial charge on any atom is 0.415 e. The second-order valence-electron chi connectivity index (χ2n) is 11.2. The van der Waals surface area contributed by atoms with Crippen LogP contribution in [0.5, 0.6) is 5.75 Å². The minimum atomic E-state index is -0.559. The molecule has 1 unspecified atom stereocenters. The highest BCUT2D eigenvalue weighted by Crippen LogP contribution is 2.31. The van der Waals surface area contributed by atoms with Gasteiger partial charge in [-0.3, -0.25) is 4.90 Å². The molecule has 2 aliphatic heterocycles. The average Bonchev–Trinajstić information content (AvgIpc) is 2.78. The lowest BCUT2D eigenvalue weighted by Crippen LogP contribution is -2.63. The van der Waals surface area contributed by atoms with Crippen molar-refractivity contribution in [1.29, 1.82) is 0 Å². The van der Waals surface area contributed by atoms with E-state index in [0.717, 1.165) is 54.4 Å². The number of benzene rings is 1. The zero-order chi connectivity index (χ0) is 25.0. The topological polar surface area (TPSA) is 65.0 Å². The Hall–Kier alpha value is -1.38. The fourth-order valence-electron chi connectivity index (χ4n) is 5.21. The van der Waals surface area contributed by atoms with Crippen LogP contribution >= 0.6 is 11.6 Å². The molecular formula is C26H44ClN4O3+. The maximum absolute atomic E-state index is 12.8. The van der Waals surface area contributed by atoms with Crippen LogP contribution in [0.25, 0.3) is 0 Å². The Morgan fingerprint density at radius 3 is 2.71 bits per heavy atom. The molecule has 0 radical (unpaired) electrons. The van der Waals surface area contributed by atoms with E-state index >= 15 is 0 Å². The van der Waals surface area contributed by atoms with Gasteiger partial charge in [-0.25, -0.2) is 4.79 Å². The van der Waals surface area contributed by atoms with E-state index in [1.165, 1.54) is 0 Å². The van der Waals surface area contributed by atoms with E-state index in [-0.39, 0.29) is 18.2 Å². The second-order valence-corrected chi connectivity index (χ2v) is 11.6. The second kappa shape index (κ2) is 11.6. The number of amides is 1. The van der Waals surface area contributed by atoms with E-state index in [0.29, 0.717) is 36.3 Å². The van der Waals surface area contributed by atoms with Gasteiger partial charge in [0.2, 0.25) is 0 Å². The van der Waals surface area contributed by atoms with Crippen molar-refractivity contribution in [2.75, 3.05) is 53.9 Å². The molecule has 8 heteroatoms. The lowest BCUT2D eigenvalue weighted by Gasteiger charge is -2.46. The first-order valence-electron chi connectivity index (χ1n) is 12.7. The maximum atomic E-state index is 12.8. The van der Waals surface area contributed by atoms with Crippen molar-refractivity contribution in [3.8, 4) is 5.75 Å². The van der Waals surface area contributed by atoms with Gasteiger partial charge in [0.1, 0.15) is 6.23 Å². The van der Waals surface area contributed by atoms with Crippen molar-refractivity contribution in [1.82, 2.24) is 15.1 Å². The molecule has 34 heavy (non-hydrogen) atoms. The largest absolute Gasteiger partial charge is 0.415 e. The number of carbonyl (C=O) groups is 1. The number of rotatable bonds is 7. The lowest BCUT2D eigenvalue weighted by atomic mass is 9.85. The summed E-state index contributed by atoms with van der Waals surface area (Å²) < 4.78 is 6.60. The molecule has 2 N–H and O–H groups in total. The van der Waals surface area contributed by atoms with Crippen LogP contribution in [0.4, 0.5) is 4.79 Å². The molecule has 0 bridgehead atoms. The lowest BCUT2D eigenvalue weighted by molar-refractivity contribution is -0.870. The summed E-state index contributed by atoms with van der Waals surface area (Å²) >= 11 is 6.39. The summed E-state index contributed by atoms with van der Waals surface area (Å²) in [6, 6.07) is 3.76. The monoisotopic (exact) mass is 495 g/mol. The average molecular weight is 496 g/mol. The van der Waals surface area contributed by atoms with Crippen LogP contribution in [0.15, 0.2) is 12.1 Å². The number of aliphatic hydroxyl groups is 1. The minimum absolute atomic E-state index is 0.0298. The summed E-state index contributed by atoms with van der Waals surface area (Å²) in [6.07, 6.45) is 3.66. The minimum Gasteiger partial charge on any atom is -0.409 e. The molecule has 0 saturated carbocycles. The molecule has 0 aliphatic carbocycles. The van der Waals surface area contributed by atoms with Crippen LogP contribution in [0.1, 0.15) is 43.7 Å². The number of nitrogens with one attached hydrogen (secondary N) is 1. The summed E-state index contributed by atoms with van der Waals surface area (Å²) in [4.78, 5) is 16.7. The first-order chi connectivity index (χ1) is 16.0. The van der Waals surface area contributed by atoms with E-state index in [9.17, 15) is 9.90 Å². The third-order valence-corrected chi connectivity index (χ3v) is 7.93. The van der Waals surface area contributed by atoms with Gasteiger partial charge in [0, 0.05) is 31.7 Å². The van der Waals surface area contributed by atoms with Gasteiger partial charge in [0.25, 0.3) is 0 Å². The van der Waals surface area contributed by atoms with Gasteiger partial charge in [-0.15, -0.1) is 0 Å². The molecule has 2 fully saturated rings. The number of quaternary nitrogens is 1. The molecule has 0 spiro atoms. The third-order valence-electron chi connectivity index (χ3n) is 7.46. The van der Waals surface area contributed by atoms with Crippen LogP contribution in [0, 0.1) is 19.8 Å². The van der Waals surface area contributed by atoms with Crippen molar-refractivity contribution < 1.29 is 19.1 Å². The van der Waals surface area contributed by atoms with Crippen LogP contribution in [-0.4, -0.2) is 97.7 Å². The Bertz CT molecular complexity index is 844. The summed E-state index contributed by atoms with van der Waals surface area (Å²) in [7, 11) is 6.68. The number of aryl methyl sites for hydroxylation is 1. The highest BCUT2D eigenvalue weighted by molar-refractivity contribution is 6.33. The van der Waals surface area contributed by atoms with Crippen molar-refractivity contribution >= 4 is 17.7 Å². The van der Waals surface area contributed by atoms with Gasteiger partial charge in [0.05, 0.1) is 32.7 Å². The summed E-state index contributed by atoms with van der Waals surface area (Å²) in [5.74, 6) is 0.866. The summed E-state index contributed by atoms with van der Waals surface area (Å²) in [5.41, 5.74) is 1.98. The molecular weight excluding hydrogens is 452 g/mol. The predicted molar refractivity (Wildman–Crippen MR) is 137 cm³/mol. The highest BCUT2D eigenvalue weighted by Gasteiger charge is 2.38. The number of hydrogen-bond donors (Lipinski definition) is 2. The first-order valence-corrected chi connectivity index (χ1v) is 13.1. The van der Waals surface area contributed by atoms with Gasteiger partial charge >= 0.3 is 6.09 Å². The van der Waals surface area contributed by atoms with E-state index in [2.05, 4.69) is 38.3 Å². The molecule has 3 rings (SSSR count). The zero-order valence-electron chi connectivity index (χ0n) is 21.8. The molecule has 2 heterocycles. The van der Waals surface area contributed by atoms with Crippen LogP contribution in [0.2, 0.25) is 5.02 Å². The Morgan fingerprint density at radius 1 is 1.29 bits per heavy atom. The quantitative estimate of drug-likeness (QED) is 0.565. The predicted octanol–water partition coefficient (Wildman–Crippen LogP) is 3.63. The van der Waals surface area contributed by atoms with Gasteiger partial charge in [-0.1, -0.05) is 17.7 Å². The molecule has 1 aromatic rings. The molecule has 2 saturated heterocycles. The van der Waals surface area contributed by atoms with Crippen molar-refractivity contribution in [3.63, 3.8) is 0 Å². The Morgan fingerprint density at radius 2 is 2.03 bits per heavy atom. The van der Waals surface area contributed by atoms with Crippen molar-refractivity contribution in [2.24, 2.45) is 5.92 Å². The number of ether oxygens (including phenoxy) is 1. The van der Waals surface area contributed by atoms with Gasteiger partial charge in [-0.2, -0.15) is 0 Å². The molecule has 0 aromatic heterocycles. The number of nitrogens with zero attached hydrogens (tertiary/aromatic N) is 3. The van der Waals surface area contributed by atoms with Crippen molar-refractivity contribution in [3.05, 3.63) is 28.3 Å². The fourth-order valence-corrected chi connectivity index (χ4v) is 5.46. The van der Waals surface area contributed by atoms with E-state index in [4.69, 9.17) is 16.3 Å². The molecule has 1 amide bonds. The van der Waals surface area contributed by atoms with Crippen LogP contribution < -0.4 is 10.1 Å². The van der Waals surface area contributed by atoms with E-state index in [1.54, 1.807) is 11.0 Å². The molecule has 192 valence electrons. The number of carbonyl (C=O) groups excluding carboxylic acids is 1. The van der Waals surface area contributed by atoms with Crippen molar-refractivity contribution in [2.45, 2.75) is 64.8 Å². The fraction of sp³-hybridized carbons (Fsp3) is 0.731. The van der Waals surface area contributed by atoms with Gasteiger partial charge in [-0.05, 0) is 76.1 Å². The molecule has 4 atom stereocenters. The van der Waals surface area contributed by atoms with Crippen LogP contribution in [0.3, 0.4) is 0 Å². The smallest absolute Gasteiger partial charge is 0.409 e. The van der Waals surface area contributed by atoms with E-state index in [1.807, 2.05) is 19.9 Å². The molecule has 2 aliphatic rings. The number of halogens is 1.